The Kier molecular flexibility index (Phi) is 7.73. The molecule has 1 aromatic carbocycles. The van der Waals surface area contributed by atoms with Gasteiger partial charge in [0.05, 0.1) is 34.4 Å². The predicted molar refractivity (Wildman–Crippen MR) is 175 cm³/mol. The summed E-state index contributed by atoms with van der Waals surface area (Å²) < 4.78 is 15.1. The number of thiophene rings is 1. The number of pyridine rings is 1. The number of aryl methyl sites for hydroxylation is 1. The minimum atomic E-state index is -0.540. The number of nitrogen functional groups attached to an aromatic ring is 1. The van der Waals surface area contributed by atoms with Crippen LogP contribution in [0.1, 0.15) is 35.4 Å². The minimum absolute atomic E-state index is 0.0337. The van der Waals surface area contributed by atoms with Gasteiger partial charge in [0, 0.05) is 55.0 Å². The van der Waals surface area contributed by atoms with Crippen molar-refractivity contribution in [3.8, 4) is 10.7 Å². The summed E-state index contributed by atoms with van der Waals surface area (Å²) in [6, 6.07) is 12.1. The molecule has 4 aromatic rings. The molecule has 6 heterocycles. The molecule has 46 heavy (non-hydrogen) atoms. The summed E-state index contributed by atoms with van der Waals surface area (Å²) in [5, 5.41) is 13.0. The van der Waals surface area contributed by atoms with Crippen LogP contribution in [0.4, 0.5) is 15.8 Å². The number of amides is 2. The van der Waals surface area contributed by atoms with Crippen LogP contribution in [0, 0.1) is 16.6 Å². The van der Waals surface area contributed by atoms with Gasteiger partial charge >= 0.3 is 0 Å². The van der Waals surface area contributed by atoms with Crippen LogP contribution in [0.2, 0.25) is 0 Å². The molecule has 13 heteroatoms. The Bertz CT molecular complexity index is 1870. The number of hydrogen-bond acceptors (Lipinski definition) is 9. The van der Waals surface area contributed by atoms with E-state index in [9.17, 15) is 14.0 Å². The lowest BCUT2D eigenvalue weighted by molar-refractivity contribution is -0.132. The third kappa shape index (κ3) is 5.60. The van der Waals surface area contributed by atoms with Gasteiger partial charge in [-0.3, -0.25) is 29.6 Å². The first-order valence-electron chi connectivity index (χ1n) is 15.3. The molecule has 2 amide bonds. The van der Waals surface area contributed by atoms with Crippen molar-refractivity contribution in [1.29, 1.82) is 5.41 Å². The molecule has 3 aliphatic heterocycles. The lowest BCUT2D eigenvalue weighted by Crippen LogP contribution is -2.43. The average Bonchev–Trinajstić information content (AvgIpc) is 3.87. The molecule has 0 radical (unpaired) electrons. The van der Waals surface area contributed by atoms with Gasteiger partial charge in [0.2, 0.25) is 11.8 Å². The first-order chi connectivity index (χ1) is 22.2. The summed E-state index contributed by atoms with van der Waals surface area (Å²) in [5.74, 6) is 0.350. The molecule has 3 N–H and O–H groups in total. The first kappa shape index (κ1) is 29.9. The molecule has 2 saturated heterocycles. The number of halogens is 1. The van der Waals surface area contributed by atoms with Crippen LogP contribution in [0.25, 0.3) is 16.3 Å². The summed E-state index contributed by atoms with van der Waals surface area (Å²) in [6.07, 6.45) is 7.08. The number of benzene rings is 1. The fourth-order valence-corrected chi connectivity index (χ4v) is 7.63. The van der Waals surface area contributed by atoms with Crippen molar-refractivity contribution in [3.05, 3.63) is 83.0 Å². The molecule has 3 aromatic heterocycles. The maximum absolute atomic E-state index is 13.9. The molecule has 1 atom stereocenters. The number of nitrogens with zero attached hydrogens (tertiary/aromatic N) is 7. The predicted octanol–water partition coefficient (Wildman–Crippen LogP) is 3.82. The van der Waals surface area contributed by atoms with E-state index in [0.717, 1.165) is 23.3 Å². The number of hydrogen-bond donors (Lipinski definition) is 2. The van der Waals surface area contributed by atoms with Crippen molar-refractivity contribution in [1.82, 2.24) is 29.5 Å². The summed E-state index contributed by atoms with van der Waals surface area (Å²) >= 11 is 1.67. The Balaban J connectivity index is 0.966. The molecule has 0 unspecified atom stereocenters. The first-order valence-corrected chi connectivity index (χ1v) is 16.1. The molecule has 7 rings (SSSR count). The van der Waals surface area contributed by atoms with Gasteiger partial charge in [-0.05, 0) is 73.8 Å². The van der Waals surface area contributed by atoms with Gasteiger partial charge in [-0.15, -0.1) is 11.3 Å². The molecule has 3 aliphatic rings. The highest BCUT2D eigenvalue weighted by molar-refractivity contribution is 7.16. The van der Waals surface area contributed by atoms with Gasteiger partial charge in [-0.2, -0.15) is 5.10 Å². The van der Waals surface area contributed by atoms with Crippen LogP contribution >= 0.6 is 11.3 Å². The Morgan fingerprint density at radius 2 is 1.91 bits per heavy atom. The van der Waals surface area contributed by atoms with Crippen molar-refractivity contribution in [2.75, 3.05) is 49.9 Å². The third-order valence-corrected chi connectivity index (χ3v) is 10.4. The second-order valence-corrected chi connectivity index (χ2v) is 13.3. The minimum Gasteiger partial charge on any atom is -0.398 e. The number of aromatic nitrogens is 4. The highest BCUT2D eigenvalue weighted by Gasteiger charge is 2.51. The van der Waals surface area contributed by atoms with Crippen molar-refractivity contribution < 1.29 is 14.0 Å². The Morgan fingerprint density at radius 1 is 1.09 bits per heavy atom. The van der Waals surface area contributed by atoms with E-state index in [1.807, 2.05) is 18.0 Å². The van der Waals surface area contributed by atoms with E-state index in [0.29, 0.717) is 74.7 Å². The third-order valence-electron chi connectivity index (χ3n) is 9.21. The van der Waals surface area contributed by atoms with Gasteiger partial charge in [0.1, 0.15) is 12.1 Å². The monoisotopic (exact) mass is 639 g/mol. The van der Waals surface area contributed by atoms with Crippen molar-refractivity contribution in [3.63, 3.8) is 0 Å². The summed E-state index contributed by atoms with van der Waals surface area (Å²) in [6.45, 7) is 3.30. The van der Waals surface area contributed by atoms with Gasteiger partial charge < -0.3 is 15.5 Å². The average molecular weight is 640 g/mol. The summed E-state index contributed by atoms with van der Waals surface area (Å²) in [4.78, 5) is 43.5. The summed E-state index contributed by atoms with van der Waals surface area (Å²) in [7, 11) is 1.85. The van der Waals surface area contributed by atoms with Crippen LogP contribution < -0.4 is 10.6 Å². The fourth-order valence-electron chi connectivity index (χ4n) is 6.62. The number of anilines is 2. The molecule has 236 valence electrons. The number of nitrogens with two attached hydrogens (primary N) is 1. The maximum atomic E-state index is 13.9. The van der Waals surface area contributed by atoms with Crippen LogP contribution in [-0.2, 0) is 16.6 Å². The second-order valence-electron chi connectivity index (χ2n) is 12.2. The highest BCUT2D eigenvalue weighted by Crippen LogP contribution is 2.43. The van der Waals surface area contributed by atoms with E-state index in [4.69, 9.17) is 11.1 Å². The van der Waals surface area contributed by atoms with E-state index in [1.165, 1.54) is 22.6 Å². The molecule has 2 fully saturated rings. The van der Waals surface area contributed by atoms with Crippen LogP contribution in [0.15, 0.2) is 61.1 Å². The van der Waals surface area contributed by atoms with Gasteiger partial charge in [0.15, 0.2) is 5.82 Å². The molecule has 1 spiro atoms. The van der Waals surface area contributed by atoms with E-state index in [-0.39, 0.29) is 17.5 Å². The molecule has 0 aliphatic carbocycles. The highest BCUT2D eigenvalue weighted by atomic mass is 32.1. The molecule has 0 saturated carbocycles. The number of carbonyl (C=O) groups is 2. The zero-order chi connectivity index (χ0) is 32.0. The van der Waals surface area contributed by atoms with E-state index < -0.39 is 11.2 Å². The van der Waals surface area contributed by atoms with Crippen molar-refractivity contribution in [2.45, 2.75) is 19.3 Å². The Labute approximate surface area is 269 Å². The number of carbonyl (C=O) groups excluding carboxylic acids is 2. The van der Waals surface area contributed by atoms with Gasteiger partial charge in [-0.25, -0.2) is 9.37 Å². The quantitative estimate of drug-likeness (QED) is 0.232. The largest absolute Gasteiger partial charge is 0.398 e. The smallest absolute Gasteiger partial charge is 0.237 e. The van der Waals surface area contributed by atoms with Crippen molar-refractivity contribution >= 4 is 45.8 Å². The topological polar surface area (TPSA) is 137 Å². The van der Waals surface area contributed by atoms with E-state index >= 15 is 0 Å². The number of likely N-dealkylation sites (tertiary alicyclic amines) is 1. The van der Waals surface area contributed by atoms with Crippen LogP contribution in [0.3, 0.4) is 0 Å². The van der Waals surface area contributed by atoms with Crippen molar-refractivity contribution in [2.24, 2.45) is 12.5 Å². The molecular formula is C33H34FN9O2S. The lowest BCUT2D eigenvalue weighted by atomic mass is 9.85. The number of nitrogens with one attached hydrogen (secondary N) is 1. The lowest BCUT2D eigenvalue weighted by Gasteiger charge is -2.29. The van der Waals surface area contributed by atoms with Gasteiger partial charge in [0.25, 0.3) is 0 Å². The SMILES string of the molecule is Cn1cnc(-c2ccc(C3=CCN(C(=O)CN4CC[C@]5(CCN(c6ccc(N)c(C(=N)c7ccc(F)cn7)c6)C5=O)C4)CC3)s2)n1. The van der Waals surface area contributed by atoms with E-state index in [1.54, 1.807) is 45.4 Å². The zero-order valence-electron chi connectivity index (χ0n) is 25.4. The Hall–Kier alpha value is -4.75. The van der Waals surface area contributed by atoms with E-state index in [2.05, 4.69) is 32.1 Å². The molecule has 11 nitrogen and oxygen atoms in total. The van der Waals surface area contributed by atoms with Crippen LogP contribution in [-0.4, -0.2) is 86.3 Å². The maximum Gasteiger partial charge on any atom is 0.237 e. The standard InChI is InChI=1S/C33H34FN9O2S/c1-40-20-38-31(39-40)28-7-6-27(46-28)21-8-12-42(13-9-21)29(44)18-41-14-10-33(19-41)11-15-43(32(33)45)23-3-4-25(35)24(16-23)30(36)26-5-2-22(34)17-37-26/h2-8,16-17,20,36H,9-15,18-19,35H2,1H3/t33-/m0/s1. The summed E-state index contributed by atoms with van der Waals surface area (Å²) in [5.41, 5.74) is 8.74. The second kappa shape index (κ2) is 11.9. The van der Waals surface area contributed by atoms with Gasteiger partial charge in [-0.1, -0.05) is 6.08 Å². The Morgan fingerprint density at radius 3 is 2.65 bits per heavy atom. The zero-order valence-corrected chi connectivity index (χ0v) is 26.3. The normalized spacial score (nSPS) is 20.1. The number of rotatable bonds is 7. The molecule has 0 bridgehead atoms. The fraction of sp³-hybridized carbons (Fsp3) is 0.333. The molecular weight excluding hydrogens is 605 g/mol. The van der Waals surface area contributed by atoms with Crippen LogP contribution in [0.5, 0.6) is 0 Å².